The number of nitrogens with one attached hydrogen (secondary N) is 1. The maximum atomic E-state index is 13.3. The Morgan fingerprint density at radius 2 is 2.26 bits per heavy atom. The summed E-state index contributed by atoms with van der Waals surface area (Å²) in [6.45, 7) is 7.32. The first-order valence-electron chi connectivity index (χ1n) is 6.84. The van der Waals surface area contributed by atoms with E-state index in [2.05, 4.69) is 31.0 Å². The molecule has 4 heteroatoms. The summed E-state index contributed by atoms with van der Waals surface area (Å²) in [5.74, 6) is 0.375. The van der Waals surface area contributed by atoms with Gasteiger partial charge in [0.2, 0.25) is 0 Å². The van der Waals surface area contributed by atoms with E-state index in [1.807, 2.05) is 6.07 Å². The average Bonchev–Trinajstić information content (AvgIpc) is 2.36. The maximum absolute atomic E-state index is 13.3. The number of hydrogen-bond donors (Lipinski definition) is 1. The van der Waals surface area contributed by atoms with Crippen LogP contribution in [0.25, 0.3) is 0 Å². The van der Waals surface area contributed by atoms with Gasteiger partial charge in [0.1, 0.15) is 5.82 Å². The van der Waals surface area contributed by atoms with Crippen molar-refractivity contribution in [3.05, 3.63) is 29.6 Å². The molecule has 1 N–H and O–H groups in total. The van der Waals surface area contributed by atoms with Crippen LogP contribution in [0.4, 0.5) is 10.1 Å². The molecule has 19 heavy (non-hydrogen) atoms. The van der Waals surface area contributed by atoms with Crippen LogP contribution in [-0.4, -0.2) is 17.7 Å². The molecule has 1 heterocycles. The minimum atomic E-state index is -0.172. The Morgan fingerprint density at radius 3 is 2.95 bits per heavy atom. The van der Waals surface area contributed by atoms with E-state index in [1.165, 1.54) is 6.07 Å². The monoisotopic (exact) mass is 280 g/mol. The Hall–Kier alpha value is -1.16. The number of aryl methyl sites for hydroxylation is 1. The number of rotatable bonds is 2. The normalized spacial score (nSPS) is 18.4. The lowest BCUT2D eigenvalue weighted by molar-refractivity contribution is 0.589. The summed E-state index contributed by atoms with van der Waals surface area (Å²) >= 11 is 5.50. The van der Waals surface area contributed by atoms with Gasteiger partial charge in [-0.1, -0.05) is 13.8 Å². The number of thiocarbonyl (C=S) groups is 1. The van der Waals surface area contributed by atoms with Crippen LogP contribution < -0.4 is 10.2 Å². The van der Waals surface area contributed by atoms with E-state index in [1.54, 1.807) is 6.07 Å². The summed E-state index contributed by atoms with van der Waals surface area (Å²) in [5, 5.41) is 4.05. The quantitative estimate of drug-likeness (QED) is 0.835. The molecule has 1 aliphatic rings. The lowest BCUT2D eigenvalue weighted by atomic mass is 9.97. The van der Waals surface area contributed by atoms with Gasteiger partial charge in [-0.2, -0.15) is 0 Å². The number of hydrogen-bond acceptors (Lipinski definition) is 1. The van der Waals surface area contributed by atoms with Gasteiger partial charge in [0.15, 0.2) is 5.11 Å². The molecule has 104 valence electrons. The molecular weight excluding hydrogens is 259 g/mol. The first-order chi connectivity index (χ1) is 8.99. The largest absolute Gasteiger partial charge is 0.362 e. The molecule has 0 aromatic heterocycles. The lowest BCUT2D eigenvalue weighted by Crippen LogP contribution is -2.48. The summed E-state index contributed by atoms with van der Waals surface area (Å²) in [7, 11) is 0. The Morgan fingerprint density at radius 1 is 1.53 bits per heavy atom. The highest BCUT2D eigenvalue weighted by molar-refractivity contribution is 7.80. The molecule has 0 fully saturated rings. The van der Waals surface area contributed by atoms with Gasteiger partial charge in [-0.25, -0.2) is 4.39 Å². The average molecular weight is 280 g/mol. The SMILES string of the molecule is CC(C)CNC(=S)N1c2ccc(F)cc2CCC1C. The van der Waals surface area contributed by atoms with Crippen LogP contribution in [0.5, 0.6) is 0 Å². The third-order valence-corrected chi connectivity index (χ3v) is 3.79. The fourth-order valence-electron chi connectivity index (χ4n) is 2.41. The molecule has 2 rings (SSSR count). The summed E-state index contributed by atoms with van der Waals surface area (Å²) < 4.78 is 13.3. The standard InChI is InChI=1S/C15H21FN2S/c1-10(2)9-17-15(19)18-11(3)4-5-12-8-13(16)6-7-14(12)18/h6-8,10-11H,4-5,9H2,1-3H3,(H,17,19). The highest BCUT2D eigenvalue weighted by Crippen LogP contribution is 2.31. The summed E-state index contributed by atoms with van der Waals surface area (Å²) in [4.78, 5) is 2.12. The van der Waals surface area contributed by atoms with Crippen LogP contribution >= 0.6 is 12.2 Å². The highest BCUT2D eigenvalue weighted by Gasteiger charge is 2.26. The van der Waals surface area contributed by atoms with Crippen molar-refractivity contribution in [3.63, 3.8) is 0 Å². The second-order valence-electron chi connectivity index (χ2n) is 5.61. The predicted molar refractivity (Wildman–Crippen MR) is 82.1 cm³/mol. The first kappa shape index (κ1) is 14.3. The minimum Gasteiger partial charge on any atom is -0.362 e. The third kappa shape index (κ3) is 3.24. The molecule has 1 aromatic rings. The molecule has 0 saturated carbocycles. The van der Waals surface area contributed by atoms with E-state index < -0.39 is 0 Å². The zero-order valence-corrected chi connectivity index (χ0v) is 12.6. The third-order valence-electron chi connectivity index (χ3n) is 3.45. The smallest absolute Gasteiger partial charge is 0.173 e. The van der Waals surface area contributed by atoms with Crippen LogP contribution in [0, 0.1) is 11.7 Å². The van der Waals surface area contributed by atoms with Gasteiger partial charge in [-0.05, 0) is 61.7 Å². The van der Waals surface area contributed by atoms with Gasteiger partial charge in [0.05, 0.1) is 0 Å². The van der Waals surface area contributed by atoms with Crippen molar-refractivity contribution in [1.29, 1.82) is 0 Å². The van der Waals surface area contributed by atoms with Gasteiger partial charge < -0.3 is 10.2 Å². The van der Waals surface area contributed by atoms with Crippen LogP contribution in [0.15, 0.2) is 18.2 Å². The second-order valence-corrected chi connectivity index (χ2v) is 6.00. The van der Waals surface area contributed by atoms with E-state index >= 15 is 0 Å². The van der Waals surface area contributed by atoms with Crippen LogP contribution in [0.1, 0.15) is 32.8 Å². The van der Waals surface area contributed by atoms with E-state index in [-0.39, 0.29) is 5.82 Å². The number of halogens is 1. The Labute approximate surface area is 120 Å². The Bertz CT molecular complexity index is 473. The summed E-state index contributed by atoms with van der Waals surface area (Å²) in [6.07, 6.45) is 1.91. The Balaban J connectivity index is 2.22. The van der Waals surface area contributed by atoms with Crippen molar-refractivity contribution >= 4 is 23.0 Å². The van der Waals surface area contributed by atoms with Crippen LogP contribution in [-0.2, 0) is 6.42 Å². The molecule has 0 saturated heterocycles. The van der Waals surface area contributed by atoms with Gasteiger partial charge in [-0.15, -0.1) is 0 Å². The molecule has 1 aliphatic heterocycles. The van der Waals surface area contributed by atoms with Crippen LogP contribution in [0.2, 0.25) is 0 Å². The molecular formula is C15H21FN2S. The minimum absolute atomic E-state index is 0.172. The molecule has 0 radical (unpaired) electrons. The van der Waals surface area contributed by atoms with Crippen molar-refractivity contribution in [3.8, 4) is 0 Å². The lowest BCUT2D eigenvalue weighted by Gasteiger charge is -2.37. The van der Waals surface area contributed by atoms with Gasteiger partial charge in [-0.3, -0.25) is 0 Å². The van der Waals surface area contributed by atoms with E-state index in [0.717, 1.165) is 35.7 Å². The number of nitrogens with zero attached hydrogens (tertiary/aromatic N) is 1. The highest BCUT2D eigenvalue weighted by atomic mass is 32.1. The van der Waals surface area contributed by atoms with Crippen molar-refractivity contribution in [2.45, 2.75) is 39.7 Å². The number of fused-ring (bicyclic) bond motifs is 1. The second kappa shape index (κ2) is 5.87. The molecule has 1 unspecified atom stereocenters. The topological polar surface area (TPSA) is 15.3 Å². The number of anilines is 1. The van der Waals surface area contributed by atoms with E-state index in [0.29, 0.717) is 12.0 Å². The zero-order valence-electron chi connectivity index (χ0n) is 11.7. The van der Waals surface area contributed by atoms with E-state index in [4.69, 9.17) is 12.2 Å². The van der Waals surface area contributed by atoms with Gasteiger partial charge in [0.25, 0.3) is 0 Å². The molecule has 1 atom stereocenters. The first-order valence-corrected chi connectivity index (χ1v) is 7.25. The fraction of sp³-hybridized carbons (Fsp3) is 0.533. The zero-order chi connectivity index (χ0) is 14.0. The van der Waals surface area contributed by atoms with Crippen molar-refractivity contribution < 1.29 is 4.39 Å². The molecule has 0 spiro atoms. The van der Waals surface area contributed by atoms with Crippen molar-refractivity contribution in [2.75, 3.05) is 11.4 Å². The Kier molecular flexibility index (Phi) is 4.40. The molecule has 1 aromatic carbocycles. The molecule has 0 aliphatic carbocycles. The summed E-state index contributed by atoms with van der Waals surface area (Å²) in [6, 6.07) is 5.32. The van der Waals surface area contributed by atoms with E-state index in [9.17, 15) is 4.39 Å². The fourth-order valence-corrected chi connectivity index (χ4v) is 2.77. The number of benzene rings is 1. The summed E-state index contributed by atoms with van der Waals surface area (Å²) in [5.41, 5.74) is 2.09. The molecule has 2 nitrogen and oxygen atoms in total. The van der Waals surface area contributed by atoms with Gasteiger partial charge >= 0.3 is 0 Å². The molecule has 0 amide bonds. The molecule has 0 bridgehead atoms. The van der Waals surface area contributed by atoms with Crippen molar-refractivity contribution in [2.24, 2.45) is 5.92 Å². The van der Waals surface area contributed by atoms with Gasteiger partial charge in [0, 0.05) is 18.3 Å². The van der Waals surface area contributed by atoms with Crippen molar-refractivity contribution in [1.82, 2.24) is 5.32 Å². The predicted octanol–water partition coefficient (Wildman–Crippen LogP) is 3.50. The van der Waals surface area contributed by atoms with Crippen LogP contribution in [0.3, 0.4) is 0 Å². The maximum Gasteiger partial charge on any atom is 0.173 e.